The molecule has 0 aliphatic rings. The molecule has 0 saturated heterocycles. The second kappa shape index (κ2) is 13.6. The average Bonchev–Trinajstić information content (AvgIpc) is 3.81. The van der Waals surface area contributed by atoms with Gasteiger partial charge in [-0.15, -0.1) is 0 Å². The minimum Gasteiger partial charge on any atom is -0.310 e. The maximum absolute atomic E-state index is 2.42. The Balaban J connectivity index is 1.08. The number of para-hydroxylation sites is 4. The van der Waals surface area contributed by atoms with E-state index in [9.17, 15) is 0 Å². The van der Waals surface area contributed by atoms with Gasteiger partial charge < -0.3 is 14.0 Å². The van der Waals surface area contributed by atoms with E-state index in [-0.39, 0.29) is 0 Å². The molecule has 0 unspecified atom stereocenters. The van der Waals surface area contributed by atoms with E-state index in [1.807, 2.05) is 0 Å². The van der Waals surface area contributed by atoms with Crippen LogP contribution in [0.1, 0.15) is 0 Å². The van der Waals surface area contributed by atoms with Crippen molar-refractivity contribution in [3.63, 3.8) is 0 Å². The Bertz CT molecular complexity index is 3200. The summed E-state index contributed by atoms with van der Waals surface area (Å²) in [5.74, 6) is 0. The van der Waals surface area contributed by atoms with E-state index >= 15 is 0 Å². The molecular weight excluding hydrogens is 691 g/mol. The van der Waals surface area contributed by atoms with Crippen LogP contribution in [0.25, 0.3) is 77.2 Å². The first-order valence-corrected chi connectivity index (χ1v) is 19.5. The third-order valence-electron chi connectivity index (χ3n) is 11.3. The molecule has 0 aliphatic carbocycles. The van der Waals surface area contributed by atoms with Gasteiger partial charge in [0.25, 0.3) is 0 Å². The summed E-state index contributed by atoms with van der Waals surface area (Å²) < 4.78 is 4.77. The van der Waals surface area contributed by atoms with Gasteiger partial charge in [0.05, 0.1) is 27.8 Å². The maximum Gasteiger partial charge on any atom is 0.0562 e. The second-order valence-electron chi connectivity index (χ2n) is 14.6. The van der Waals surface area contributed by atoms with E-state index in [1.165, 1.54) is 65.9 Å². The number of aromatic nitrogens is 2. The Hall–Kier alpha value is -7.62. The summed E-state index contributed by atoms with van der Waals surface area (Å²) >= 11 is 0. The van der Waals surface area contributed by atoms with Crippen LogP contribution in [-0.4, -0.2) is 9.13 Å². The molecular formula is C54H37N3. The molecule has 0 N–H and O–H groups in total. The smallest absolute Gasteiger partial charge is 0.0562 e. The standard InChI is InChI=1S/C54H37N3/c1-4-15-38(16-5-1)39-27-32-44(33-28-39)55(51-25-14-26-52-54(51)48-22-11-13-24-50(48)56(52)42-17-6-2-7-18-42)45-34-29-40(30-35-45)41-31-36-47-46-21-10-12-23-49(46)57(53(47)37-41)43-19-8-3-9-20-43/h1-37H. The fraction of sp³-hybridized carbons (Fsp3) is 0. The summed E-state index contributed by atoms with van der Waals surface area (Å²) in [5, 5.41) is 4.95. The molecule has 0 atom stereocenters. The highest BCUT2D eigenvalue weighted by atomic mass is 15.1. The molecule has 0 amide bonds. The SMILES string of the molecule is c1ccc(-c2ccc(N(c3ccc(-c4ccc5c6ccccc6n(-c6ccccc6)c5c4)cc3)c3cccc4c3c3ccccc3n4-c3ccccc3)cc2)cc1. The van der Waals surface area contributed by atoms with Crippen molar-refractivity contribution in [2.24, 2.45) is 0 Å². The van der Waals surface area contributed by atoms with Crippen molar-refractivity contribution in [3.05, 3.63) is 224 Å². The number of fused-ring (bicyclic) bond motifs is 6. The van der Waals surface area contributed by atoms with E-state index in [4.69, 9.17) is 0 Å². The molecule has 2 aromatic heterocycles. The predicted molar refractivity (Wildman–Crippen MR) is 241 cm³/mol. The first-order chi connectivity index (χ1) is 28.3. The Morgan fingerprint density at radius 1 is 0.281 bits per heavy atom. The predicted octanol–water partition coefficient (Wildman–Crippen LogP) is 14.7. The van der Waals surface area contributed by atoms with Crippen LogP contribution in [0.4, 0.5) is 17.1 Å². The maximum atomic E-state index is 2.42. The number of hydrogen-bond acceptors (Lipinski definition) is 1. The van der Waals surface area contributed by atoms with Crippen LogP contribution in [0, 0.1) is 0 Å². The van der Waals surface area contributed by atoms with Crippen molar-refractivity contribution < 1.29 is 0 Å². The molecule has 3 nitrogen and oxygen atoms in total. The van der Waals surface area contributed by atoms with Gasteiger partial charge in [-0.05, 0) is 101 Å². The molecule has 0 aliphatic heterocycles. The lowest BCUT2D eigenvalue weighted by Crippen LogP contribution is -2.10. The topological polar surface area (TPSA) is 13.1 Å². The zero-order chi connectivity index (χ0) is 37.7. The summed E-state index contributed by atoms with van der Waals surface area (Å²) in [6.45, 7) is 0. The number of rotatable bonds is 7. The summed E-state index contributed by atoms with van der Waals surface area (Å²) in [5.41, 5.74) is 15.1. The molecule has 9 aromatic carbocycles. The Labute approximate surface area is 331 Å². The van der Waals surface area contributed by atoms with Crippen molar-refractivity contribution in [2.45, 2.75) is 0 Å². The zero-order valence-electron chi connectivity index (χ0n) is 31.2. The van der Waals surface area contributed by atoms with Crippen LogP contribution in [0.2, 0.25) is 0 Å². The zero-order valence-corrected chi connectivity index (χ0v) is 31.2. The van der Waals surface area contributed by atoms with Gasteiger partial charge in [-0.25, -0.2) is 0 Å². The van der Waals surface area contributed by atoms with Crippen molar-refractivity contribution in [3.8, 4) is 33.6 Å². The number of hydrogen-bond donors (Lipinski definition) is 0. The van der Waals surface area contributed by atoms with E-state index < -0.39 is 0 Å². The van der Waals surface area contributed by atoms with E-state index in [1.54, 1.807) is 0 Å². The summed E-state index contributed by atoms with van der Waals surface area (Å²) in [7, 11) is 0. The fourth-order valence-electron chi connectivity index (χ4n) is 8.71. The summed E-state index contributed by atoms with van der Waals surface area (Å²) in [6, 6.07) is 81.1. The van der Waals surface area contributed by atoms with Crippen molar-refractivity contribution in [2.75, 3.05) is 4.90 Å². The minimum absolute atomic E-state index is 1.09. The Kier molecular flexibility index (Phi) is 7.82. The molecule has 0 bridgehead atoms. The highest BCUT2D eigenvalue weighted by Crippen LogP contribution is 2.44. The molecule has 2 heterocycles. The molecule has 11 aromatic rings. The highest BCUT2D eigenvalue weighted by molar-refractivity contribution is 6.16. The van der Waals surface area contributed by atoms with Crippen molar-refractivity contribution in [1.82, 2.24) is 9.13 Å². The molecule has 0 radical (unpaired) electrons. The molecule has 11 rings (SSSR count). The van der Waals surface area contributed by atoms with E-state index in [0.717, 1.165) is 28.4 Å². The van der Waals surface area contributed by atoms with Gasteiger partial charge in [0.15, 0.2) is 0 Å². The molecule has 0 saturated carbocycles. The lowest BCUT2D eigenvalue weighted by atomic mass is 10.0. The van der Waals surface area contributed by atoms with Gasteiger partial charge in [-0.3, -0.25) is 0 Å². The third kappa shape index (κ3) is 5.51. The van der Waals surface area contributed by atoms with Gasteiger partial charge in [0, 0.05) is 44.3 Å². The number of anilines is 3. The van der Waals surface area contributed by atoms with Gasteiger partial charge in [-0.1, -0.05) is 146 Å². The number of benzene rings is 9. The molecule has 268 valence electrons. The molecule has 3 heteroatoms. The lowest BCUT2D eigenvalue weighted by Gasteiger charge is -2.27. The first-order valence-electron chi connectivity index (χ1n) is 19.5. The second-order valence-corrected chi connectivity index (χ2v) is 14.6. The van der Waals surface area contributed by atoms with Gasteiger partial charge >= 0.3 is 0 Å². The van der Waals surface area contributed by atoms with Gasteiger partial charge in [-0.2, -0.15) is 0 Å². The van der Waals surface area contributed by atoms with Crippen LogP contribution in [0.15, 0.2) is 224 Å². The van der Waals surface area contributed by atoms with E-state index in [0.29, 0.717) is 0 Å². The summed E-state index contributed by atoms with van der Waals surface area (Å²) in [6.07, 6.45) is 0. The third-order valence-corrected chi connectivity index (χ3v) is 11.3. The first kappa shape index (κ1) is 32.8. The Morgan fingerprint density at radius 3 is 1.35 bits per heavy atom. The normalized spacial score (nSPS) is 11.5. The molecule has 57 heavy (non-hydrogen) atoms. The van der Waals surface area contributed by atoms with Crippen molar-refractivity contribution >= 4 is 60.7 Å². The average molecular weight is 728 g/mol. The van der Waals surface area contributed by atoms with Gasteiger partial charge in [0.1, 0.15) is 0 Å². The largest absolute Gasteiger partial charge is 0.310 e. The lowest BCUT2D eigenvalue weighted by molar-refractivity contribution is 1.18. The van der Waals surface area contributed by atoms with Crippen molar-refractivity contribution in [1.29, 1.82) is 0 Å². The van der Waals surface area contributed by atoms with Crippen LogP contribution in [-0.2, 0) is 0 Å². The van der Waals surface area contributed by atoms with Crippen LogP contribution in [0.5, 0.6) is 0 Å². The van der Waals surface area contributed by atoms with Gasteiger partial charge in [0.2, 0.25) is 0 Å². The Morgan fingerprint density at radius 2 is 0.719 bits per heavy atom. The fourth-order valence-corrected chi connectivity index (χ4v) is 8.71. The quantitative estimate of drug-likeness (QED) is 0.159. The number of nitrogens with zero attached hydrogens (tertiary/aromatic N) is 3. The molecule has 0 fully saturated rings. The monoisotopic (exact) mass is 727 g/mol. The van der Waals surface area contributed by atoms with Crippen LogP contribution >= 0.6 is 0 Å². The van der Waals surface area contributed by atoms with Crippen LogP contribution in [0.3, 0.4) is 0 Å². The minimum atomic E-state index is 1.09. The van der Waals surface area contributed by atoms with Crippen LogP contribution < -0.4 is 4.90 Å². The molecule has 0 spiro atoms. The highest BCUT2D eigenvalue weighted by Gasteiger charge is 2.21. The van der Waals surface area contributed by atoms with E-state index in [2.05, 4.69) is 238 Å². The summed E-state index contributed by atoms with van der Waals surface area (Å²) in [4.78, 5) is 2.42.